The van der Waals surface area contributed by atoms with Crippen LogP contribution in [0.3, 0.4) is 0 Å². The van der Waals surface area contributed by atoms with E-state index in [-0.39, 0.29) is 5.54 Å². The van der Waals surface area contributed by atoms with Crippen molar-refractivity contribution >= 4 is 11.4 Å². The van der Waals surface area contributed by atoms with E-state index in [0.717, 1.165) is 29.8 Å². The molecule has 0 spiro atoms. The van der Waals surface area contributed by atoms with E-state index >= 15 is 0 Å². The third kappa shape index (κ3) is 2.88. The summed E-state index contributed by atoms with van der Waals surface area (Å²) in [6.45, 7) is 8.70. The fraction of sp³-hybridized carbons (Fsp3) is 0.538. The smallest absolute Gasteiger partial charge is 0.0348 e. The molecule has 0 saturated heterocycles. The molecule has 1 aromatic rings. The molecule has 0 heterocycles. The highest BCUT2D eigenvalue weighted by molar-refractivity contribution is 5.57. The normalized spacial score (nSPS) is 11.5. The number of benzene rings is 1. The van der Waals surface area contributed by atoms with Gasteiger partial charge in [0.25, 0.3) is 0 Å². The minimum atomic E-state index is 0.183. The van der Waals surface area contributed by atoms with Crippen LogP contribution in [0.1, 0.15) is 39.2 Å². The maximum atomic E-state index is 5.79. The number of hydrogen-bond acceptors (Lipinski definition) is 2. The summed E-state index contributed by atoms with van der Waals surface area (Å²) < 4.78 is 0. The highest BCUT2D eigenvalue weighted by Crippen LogP contribution is 2.24. The van der Waals surface area contributed by atoms with Crippen LogP contribution in [-0.2, 0) is 0 Å². The lowest BCUT2D eigenvalue weighted by Crippen LogP contribution is -2.32. The zero-order chi connectivity index (χ0) is 11.5. The SMILES string of the molecule is CCC(C)(CC)Nc1ccc(N)c(C)c1. The number of hydrogen-bond donors (Lipinski definition) is 2. The Morgan fingerprint density at radius 1 is 1.27 bits per heavy atom. The minimum absolute atomic E-state index is 0.183. The molecule has 3 N–H and O–H groups in total. The van der Waals surface area contributed by atoms with Gasteiger partial charge in [-0.2, -0.15) is 0 Å². The van der Waals surface area contributed by atoms with Crippen LogP contribution < -0.4 is 11.1 Å². The molecule has 0 radical (unpaired) electrons. The molecule has 0 amide bonds. The molecule has 84 valence electrons. The molecule has 0 saturated carbocycles. The third-order valence-corrected chi connectivity index (χ3v) is 3.28. The zero-order valence-electron chi connectivity index (χ0n) is 10.2. The molecule has 1 rings (SSSR count). The van der Waals surface area contributed by atoms with Crippen molar-refractivity contribution in [2.24, 2.45) is 0 Å². The first-order valence-corrected chi connectivity index (χ1v) is 5.65. The molecule has 0 aliphatic carbocycles. The van der Waals surface area contributed by atoms with Crippen LogP contribution in [0.5, 0.6) is 0 Å². The van der Waals surface area contributed by atoms with Gasteiger partial charge in [-0.05, 0) is 50.5 Å². The Hall–Kier alpha value is -1.18. The maximum absolute atomic E-state index is 5.79. The number of aryl methyl sites for hydroxylation is 1. The Kier molecular flexibility index (Phi) is 3.61. The van der Waals surface area contributed by atoms with Crippen LogP contribution >= 0.6 is 0 Å². The summed E-state index contributed by atoms with van der Waals surface area (Å²) in [4.78, 5) is 0. The second-order valence-electron chi connectivity index (χ2n) is 4.46. The quantitative estimate of drug-likeness (QED) is 0.739. The van der Waals surface area contributed by atoms with Crippen LogP contribution in [0.15, 0.2) is 18.2 Å². The van der Waals surface area contributed by atoms with Gasteiger partial charge >= 0.3 is 0 Å². The molecule has 0 fully saturated rings. The summed E-state index contributed by atoms with van der Waals surface area (Å²) in [5.74, 6) is 0. The highest BCUT2D eigenvalue weighted by Gasteiger charge is 2.18. The summed E-state index contributed by atoms with van der Waals surface area (Å²) in [7, 11) is 0. The lowest BCUT2D eigenvalue weighted by atomic mass is 9.95. The lowest BCUT2D eigenvalue weighted by Gasteiger charge is -2.29. The Labute approximate surface area is 92.9 Å². The fourth-order valence-electron chi connectivity index (χ4n) is 1.53. The van der Waals surface area contributed by atoms with E-state index in [1.165, 1.54) is 0 Å². The molecule has 0 bridgehead atoms. The van der Waals surface area contributed by atoms with E-state index in [1.54, 1.807) is 0 Å². The minimum Gasteiger partial charge on any atom is -0.399 e. The second-order valence-corrected chi connectivity index (χ2v) is 4.46. The van der Waals surface area contributed by atoms with Gasteiger partial charge in [0, 0.05) is 16.9 Å². The summed E-state index contributed by atoms with van der Waals surface area (Å²) >= 11 is 0. The fourth-order valence-corrected chi connectivity index (χ4v) is 1.53. The lowest BCUT2D eigenvalue weighted by molar-refractivity contribution is 0.478. The molecule has 15 heavy (non-hydrogen) atoms. The van der Waals surface area contributed by atoms with Crippen LogP contribution in [0.2, 0.25) is 0 Å². The number of rotatable bonds is 4. The van der Waals surface area contributed by atoms with Crippen molar-refractivity contribution in [3.05, 3.63) is 23.8 Å². The second kappa shape index (κ2) is 4.56. The average molecular weight is 206 g/mol. The third-order valence-electron chi connectivity index (χ3n) is 3.28. The summed E-state index contributed by atoms with van der Waals surface area (Å²) in [5.41, 5.74) is 9.12. The molecule has 2 nitrogen and oxygen atoms in total. The van der Waals surface area contributed by atoms with E-state index in [2.05, 4.69) is 32.2 Å². The van der Waals surface area contributed by atoms with Gasteiger partial charge in [0.2, 0.25) is 0 Å². The Balaban J connectivity index is 2.85. The van der Waals surface area contributed by atoms with Crippen LogP contribution in [0.4, 0.5) is 11.4 Å². The van der Waals surface area contributed by atoms with Gasteiger partial charge < -0.3 is 11.1 Å². The molecule has 1 aromatic carbocycles. The van der Waals surface area contributed by atoms with Crippen molar-refractivity contribution in [3.63, 3.8) is 0 Å². The standard InChI is InChI=1S/C13H22N2/c1-5-13(4,6-2)15-11-7-8-12(14)10(3)9-11/h7-9,15H,5-6,14H2,1-4H3. The average Bonchev–Trinajstić information content (AvgIpc) is 2.23. The van der Waals surface area contributed by atoms with Crippen LogP contribution in [0, 0.1) is 6.92 Å². The number of nitrogens with two attached hydrogens (primary N) is 1. The Morgan fingerprint density at radius 2 is 1.87 bits per heavy atom. The van der Waals surface area contributed by atoms with Gasteiger partial charge in [0.05, 0.1) is 0 Å². The molecule has 0 aromatic heterocycles. The monoisotopic (exact) mass is 206 g/mol. The van der Waals surface area contributed by atoms with Crippen molar-refractivity contribution in [1.82, 2.24) is 0 Å². The largest absolute Gasteiger partial charge is 0.399 e. The first-order chi connectivity index (χ1) is 7.00. The molecular formula is C13H22N2. The van der Waals surface area contributed by atoms with Crippen LogP contribution in [0.25, 0.3) is 0 Å². The van der Waals surface area contributed by atoms with Gasteiger partial charge in [-0.15, -0.1) is 0 Å². The predicted molar refractivity (Wildman–Crippen MR) is 68.2 cm³/mol. The van der Waals surface area contributed by atoms with Crippen molar-refractivity contribution < 1.29 is 0 Å². The van der Waals surface area contributed by atoms with Gasteiger partial charge in [-0.25, -0.2) is 0 Å². The van der Waals surface area contributed by atoms with E-state index in [9.17, 15) is 0 Å². The van der Waals surface area contributed by atoms with Crippen molar-refractivity contribution in [2.75, 3.05) is 11.1 Å². The number of nitrogen functional groups attached to an aromatic ring is 1. The topological polar surface area (TPSA) is 38.0 Å². The van der Waals surface area contributed by atoms with E-state index in [4.69, 9.17) is 5.73 Å². The van der Waals surface area contributed by atoms with E-state index in [0.29, 0.717) is 0 Å². The first-order valence-electron chi connectivity index (χ1n) is 5.65. The van der Waals surface area contributed by atoms with E-state index in [1.807, 2.05) is 19.1 Å². The van der Waals surface area contributed by atoms with E-state index < -0.39 is 0 Å². The highest BCUT2D eigenvalue weighted by atomic mass is 15.0. The molecule has 0 aliphatic rings. The molecule has 2 heteroatoms. The van der Waals surface area contributed by atoms with Gasteiger partial charge in [-0.1, -0.05) is 13.8 Å². The summed E-state index contributed by atoms with van der Waals surface area (Å²) in [5, 5.41) is 3.57. The first kappa shape index (κ1) is 11.9. The molecule has 0 atom stereocenters. The van der Waals surface area contributed by atoms with Crippen LogP contribution in [-0.4, -0.2) is 5.54 Å². The molecule has 0 aliphatic heterocycles. The van der Waals surface area contributed by atoms with Crippen molar-refractivity contribution in [2.45, 2.75) is 46.1 Å². The van der Waals surface area contributed by atoms with Gasteiger partial charge in [0.1, 0.15) is 0 Å². The summed E-state index contributed by atoms with van der Waals surface area (Å²) in [6, 6.07) is 6.12. The predicted octanol–water partition coefficient (Wildman–Crippen LogP) is 3.57. The number of anilines is 2. The van der Waals surface area contributed by atoms with Crippen molar-refractivity contribution in [1.29, 1.82) is 0 Å². The van der Waals surface area contributed by atoms with Gasteiger partial charge in [0.15, 0.2) is 0 Å². The Morgan fingerprint density at radius 3 is 2.33 bits per heavy atom. The Bertz CT molecular complexity index is 327. The molecule has 0 unspecified atom stereocenters. The van der Waals surface area contributed by atoms with Gasteiger partial charge in [-0.3, -0.25) is 0 Å². The maximum Gasteiger partial charge on any atom is 0.0348 e. The van der Waals surface area contributed by atoms with Crippen molar-refractivity contribution in [3.8, 4) is 0 Å². The number of nitrogens with one attached hydrogen (secondary N) is 1. The zero-order valence-corrected chi connectivity index (χ0v) is 10.2. The summed E-state index contributed by atoms with van der Waals surface area (Å²) in [6.07, 6.45) is 2.24. The molecular weight excluding hydrogens is 184 g/mol.